The van der Waals surface area contributed by atoms with Crippen molar-refractivity contribution in [2.45, 2.75) is 4.90 Å². The predicted molar refractivity (Wildman–Crippen MR) is 59.7 cm³/mol. The van der Waals surface area contributed by atoms with Gasteiger partial charge >= 0.3 is 0 Å². The molecule has 2 rings (SSSR count). The van der Waals surface area contributed by atoms with E-state index in [9.17, 15) is 13.0 Å². The maximum absolute atomic E-state index is 10.4. The molecule has 2 aromatic rings. The van der Waals surface area contributed by atoms with Crippen LogP contribution in [0.1, 0.15) is 0 Å². The van der Waals surface area contributed by atoms with Crippen molar-refractivity contribution in [1.82, 2.24) is 4.98 Å². The molecule has 0 saturated carbocycles. The van der Waals surface area contributed by atoms with E-state index in [-0.39, 0.29) is 5.75 Å². The zero-order chi connectivity index (χ0) is 13.8. The zero-order valence-electron chi connectivity index (χ0n) is 9.44. The van der Waals surface area contributed by atoms with Gasteiger partial charge in [0.15, 0.2) is 0 Å². The highest BCUT2D eigenvalue weighted by Crippen LogP contribution is 2.25. The van der Waals surface area contributed by atoms with Crippen molar-refractivity contribution in [2.24, 2.45) is 7.05 Å². The van der Waals surface area contributed by atoms with Gasteiger partial charge in [-0.05, 0) is 12.1 Å². The minimum atomic E-state index is -4.72. The number of phenolic OH excluding ortho intramolecular Hbond substituents is 2. The number of nitrogens with zero attached hydrogens (tertiary/aromatic N) is 1. The number of rotatable bonds is 1. The molecule has 0 aliphatic carbocycles. The third-order valence-corrected chi connectivity index (χ3v) is 2.76. The number of aromatic hydroxyl groups is 2. The fourth-order valence-electron chi connectivity index (χ4n) is 1.07. The molecule has 1 aromatic heterocycles. The summed E-state index contributed by atoms with van der Waals surface area (Å²) in [7, 11) is -2.75. The normalized spacial score (nSPS) is 10.6. The highest BCUT2D eigenvalue weighted by atomic mass is 32.2. The molecule has 8 heteroatoms. The summed E-state index contributed by atoms with van der Waals surface area (Å²) >= 11 is 0. The van der Waals surface area contributed by atoms with Crippen LogP contribution in [0, 0.1) is 0 Å². The van der Waals surface area contributed by atoms with E-state index in [0.717, 1.165) is 12.1 Å². The van der Waals surface area contributed by atoms with Gasteiger partial charge in [0, 0.05) is 6.07 Å². The summed E-state index contributed by atoms with van der Waals surface area (Å²) in [4.78, 5) is 2.08. The number of H-pyrrole nitrogens is 1. The first-order valence-electron chi connectivity index (χ1n) is 4.76. The standard InChI is InChI=1S/C6H6O5S.C4H6N2/c7-4-1-2-5(8)6(3-4)12(9,10)11;1-6-3-2-5-4-6/h1-3,7-8H,(H,9,10,11);2-4H,1H3. The molecule has 0 amide bonds. The van der Waals surface area contributed by atoms with E-state index < -0.39 is 20.8 Å². The van der Waals surface area contributed by atoms with Gasteiger partial charge in [0.25, 0.3) is 0 Å². The van der Waals surface area contributed by atoms with Crippen LogP contribution < -0.4 is 4.57 Å². The number of aromatic nitrogens is 2. The summed E-state index contributed by atoms with van der Waals surface area (Å²) < 4.78 is 33.1. The molecule has 0 atom stereocenters. The van der Waals surface area contributed by atoms with Crippen molar-refractivity contribution in [1.29, 1.82) is 0 Å². The van der Waals surface area contributed by atoms with Crippen molar-refractivity contribution < 1.29 is 27.8 Å². The molecule has 18 heavy (non-hydrogen) atoms. The first-order valence-corrected chi connectivity index (χ1v) is 6.17. The van der Waals surface area contributed by atoms with Crippen LogP contribution in [0.15, 0.2) is 41.8 Å². The lowest BCUT2D eigenvalue weighted by atomic mass is 10.3. The molecule has 0 bridgehead atoms. The van der Waals surface area contributed by atoms with Gasteiger partial charge < -0.3 is 14.8 Å². The summed E-state index contributed by atoms with van der Waals surface area (Å²) in [5.41, 5.74) is 0. The average molecular weight is 272 g/mol. The molecule has 0 saturated heterocycles. The third-order valence-electron chi connectivity index (χ3n) is 1.90. The molecule has 0 unspecified atom stereocenters. The van der Waals surface area contributed by atoms with E-state index in [1.54, 1.807) is 0 Å². The van der Waals surface area contributed by atoms with E-state index in [1.807, 2.05) is 30.3 Å². The Morgan fingerprint density at radius 2 is 2.00 bits per heavy atom. The highest BCUT2D eigenvalue weighted by molar-refractivity contribution is 7.85. The van der Waals surface area contributed by atoms with Crippen LogP contribution >= 0.6 is 0 Å². The Bertz CT molecular complexity index is 607. The molecule has 1 aromatic carbocycles. The number of aromatic amines is 1. The summed E-state index contributed by atoms with van der Waals surface area (Å²) in [6, 6.07) is 2.70. The molecular formula is C10H12N2O5S. The van der Waals surface area contributed by atoms with Crippen LogP contribution in [0.5, 0.6) is 11.5 Å². The van der Waals surface area contributed by atoms with Crippen LogP contribution in [0.2, 0.25) is 0 Å². The minimum Gasteiger partial charge on any atom is -0.744 e. The average Bonchev–Trinajstić information content (AvgIpc) is 2.72. The topological polar surface area (TPSA) is 117 Å². The zero-order valence-corrected chi connectivity index (χ0v) is 10.3. The van der Waals surface area contributed by atoms with Gasteiger partial charge in [-0.3, -0.25) is 4.98 Å². The van der Waals surface area contributed by atoms with Crippen LogP contribution in [0.25, 0.3) is 0 Å². The Balaban J connectivity index is 0.000000225. The monoisotopic (exact) mass is 272 g/mol. The van der Waals surface area contributed by atoms with Crippen LogP contribution in [-0.4, -0.2) is 28.2 Å². The summed E-state index contributed by atoms with van der Waals surface area (Å²) in [5, 5.41) is 17.7. The maximum atomic E-state index is 10.4. The lowest BCUT2D eigenvalue weighted by molar-refractivity contribution is -0.670. The summed E-state index contributed by atoms with van der Waals surface area (Å²) in [5.74, 6) is -1.05. The lowest BCUT2D eigenvalue weighted by Gasteiger charge is -2.08. The first kappa shape index (κ1) is 14.0. The SMILES string of the molecule is C[n+]1cc[nH]c1.O=S(=O)([O-])c1cc(O)ccc1O. The fraction of sp³-hybridized carbons (Fsp3) is 0.100. The van der Waals surface area contributed by atoms with E-state index in [4.69, 9.17) is 10.2 Å². The molecule has 0 aliphatic rings. The fourth-order valence-corrected chi connectivity index (χ4v) is 1.66. The van der Waals surface area contributed by atoms with Gasteiger partial charge in [0.05, 0.1) is 11.9 Å². The smallest absolute Gasteiger partial charge is 0.241 e. The number of nitrogens with one attached hydrogen (secondary N) is 1. The number of hydrogen-bond acceptors (Lipinski definition) is 5. The first-order chi connectivity index (χ1) is 8.30. The third kappa shape index (κ3) is 4.07. The summed E-state index contributed by atoms with van der Waals surface area (Å²) in [6.07, 6.45) is 5.69. The Labute approximate surface area is 104 Å². The quantitative estimate of drug-likeness (QED) is 0.379. The minimum absolute atomic E-state index is 0.387. The number of benzene rings is 1. The molecule has 98 valence electrons. The second-order valence-electron chi connectivity index (χ2n) is 3.38. The van der Waals surface area contributed by atoms with E-state index in [0.29, 0.717) is 6.07 Å². The van der Waals surface area contributed by atoms with Gasteiger partial charge in [-0.2, -0.15) is 0 Å². The summed E-state index contributed by atoms with van der Waals surface area (Å²) in [6.45, 7) is 0. The molecule has 0 aliphatic heterocycles. The van der Waals surface area contributed by atoms with E-state index in [1.165, 1.54) is 0 Å². The largest absolute Gasteiger partial charge is 0.744 e. The Kier molecular flexibility index (Phi) is 4.29. The molecular weight excluding hydrogens is 260 g/mol. The highest BCUT2D eigenvalue weighted by Gasteiger charge is 2.08. The van der Waals surface area contributed by atoms with Gasteiger partial charge in [0.2, 0.25) is 6.33 Å². The second kappa shape index (κ2) is 5.52. The van der Waals surface area contributed by atoms with Gasteiger partial charge in [0.1, 0.15) is 34.0 Å². The molecule has 3 N–H and O–H groups in total. The van der Waals surface area contributed by atoms with Crippen molar-refractivity contribution in [3.63, 3.8) is 0 Å². The van der Waals surface area contributed by atoms with E-state index in [2.05, 4.69) is 4.98 Å². The Hall–Kier alpha value is -2.06. The molecule has 1 heterocycles. The molecule has 0 fully saturated rings. The predicted octanol–water partition coefficient (Wildman–Crippen LogP) is -0.159. The molecule has 0 radical (unpaired) electrons. The van der Waals surface area contributed by atoms with Crippen molar-refractivity contribution in [3.05, 3.63) is 36.9 Å². The van der Waals surface area contributed by atoms with Crippen molar-refractivity contribution >= 4 is 10.1 Å². The van der Waals surface area contributed by atoms with Crippen LogP contribution in [0.3, 0.4) is 0 Å². The van der Waals surface area contributed by atoms with Crippen LogP contribution in [-0.2, 0) is 17.2 Å². The number of imidazole rings is 1. The number of phenols is 2. The lowest BCUT2D eigenvalue weighted by Crippen LogP contribution is -2.22. The maximum Gasteiger partial charge on any atom is 0.241 e. The number of aryl methyl sites for hydroxylation is 1. The second-order valence-corrected chi connectivity index (χ2v) is 4.73. The van der Waals surface area contributed by atoms with Crippen molar-refractivity contribution in [2.75, 3.05) is 0 Å². The van der Waals surface area contributed by atoms with Gasteiger partial charge in [-0.25, -0.2) is 13.0 Å². The molecule has 7 nitrogen and oxygen atoms in total. The van der Waals surface area contributed by atoms with Crippen molar-refractivity contribution in [3.8, 4) is 11.5 Å². The van der Waals surface area contributed by atoms with Gasteiger partial charge in [-0.15, -0.1) is 0 Å². The van der Waals surface area contributed by atoms with Crippen LogP contribution in [0.4, 0.5) is 0 Å². The number of hydrogen-bond donors (Lipinski definition) is 3. The van der Waals surface area contributed by atoms with Gasteiger partial charge in [-0.1, -0.05) is 0 Å². The molecule has 0 spiro atoms. The van der Waals surface area contributed by atoms with E-state index >= 15 is 0 Å². The Morgan fingerprint density at radius 3 is 2.33 bits per heavy atom. The Morgan fingerprint density at radius 1 is 1.33 bits per heavy atom.